The Morgan fingerprint density at radius 3 is 2.90 bits per heavy atom. The van der Waals surface area contributed by atoms with Gasteiger partial charge in [-0.3, -0.25) is 9.69 Å². The minimum absolute atomic E-state index is 0.0323. The van der Waals surface area contributed by atoms with Crippen LogP contribution in [-0.2, 0) is 4.79 Å². The molecule has 0 saturated carbocycles. The smallest absolute Gasteiger partial charge is 0.278 e. The minimum atomic E-state index is -0.0323. The van der Waals surface area contributed by atoms with Gasteiger partial charge in [-0.15, -0.1) is 0 Å². The largest absolute Gasteiger partial charge is 0.497 e. The van der Waals surface area contributed by atoms with Crippen molar-refractivity contribution in [3.05, 3.63) is 29.5 Å². The van der Waals surface area contributed by atoms with Crippen LogP contribution in [0.25, 0.3) is 6.08 Å². The Morgan fingerprint density at radius 2 is 2.19 bits per heavy atom. The summed E-state index contributed by atoms with van der Waals surface area (Å²) in [7, 11) is 3.20. The third-order valence-corrected chi connectivity index (χ3v) is 4.46. The third kappa shape index (κ3) is 2.63. The Balaban J connectivity index is 1.95. The van der Waals surface area contributed by atoms with Gasteiger partial charge in [0.15, 0.2) is 5.17 Å². The average molecular weight is 304 g/mol. The van der Waals surface area contributed by atoms with Gasteiger partial charge in [0.25, 0.3) is 5.91 Å². The van der Waals surface area contributed by atoms with Gasteiger partial charge in [0.2, 0.25) is 0 Å². The standard InChI is InChI=1S/C15H16N2O3S/c1-19-11-5-4-10(13(9-11)20-2)8-12-14(18)17-6-3-7-21-15(17)16-12/h4-5,8-9H,3,6-7H2,1-2H3/b12-8-. The predicted molar refractivity (Wildman–Crippen MR) is 83.7 cm³/mol. The molecule has 2 aliphatic heterocycles. The van der Waals surface area contributed by atoms with Crippen LogP contribution in [0.2, 0.25) is 0 Å². The summed E-state index contributed by atoms with van der Waals surface area (Å²) in [5.74, 6) is 2.36. The summed E-state index contributed by atoms with van der Waals surface area (Å²) in [5, 5.41) is 0.810. The second-order valence-electron chi connectivity index (χ2n) is 4.69. The fourth-order valence-corrected chi connectivity index (χ4v) is 3.26. The molecule has 6 heteroatoms. The maximum absolute atomic E-state index is 12.3. The van der Waals surface area contributed by atoms with Crippen molar-refractivity contribution < 1.29 is 14.3 Å². The summed E-state index contributed by atoms with van der Waals surface area (Å²) in [6, 6.07) is 5.49. The lowest BCUT2D eigenvalue weighted by atomic mass is 10.1. The van der Waals surface area contributed by atoms with Crippen molar-refractivity contribution in [3.63, 3.8) is 0 Å². The van der Waals surface area contributed by atoms with Crippen molar-refractivity contribution in [1.82, 2.24) is 4.90 Å². The molecule has 0 spiro atoms. The van der Waals surface area contributed by atoms with Crippen LogP contribution in [0.5, 0.6) is 11.5 Å². The molecular formula is C15H16N2O3S. The highest BCUT2D eigenvalue weighted by atomic mass is 32.2. The Bertz CT molecular complexity index is 640. The molecule has 1 aromatic carbocycles. The van der Waals surface area contributed by atoms with Crippen molar-refractivity contribution in [2.24, 2.45) is 4.99 Å². The van der Waals surface area contributed by atoms with Crippen molar-refractivity contribution in [2.45, 2.75) is 6.42 Å². The number of nitrogens with zero attached hydrogens (tertiary/aromatic N) is 2. The van der Waals surface area contributed by atoms with Crippen LogP contribution in [0.1, 0.15) is 12.0 Å². The molecule has 0 atom stereocenters. The Labute approximate surface area is 127 Å². The molecule has 0 N–H and O–H groups in total. The van der Waals surface area contributed by atoms with Crippen LogP contribution >= 0.6 is 11.8 Å². The zero-order chi connectivity index (χ0) is 14.8. The van der Waals surface area contributed by atoms with Gasteiger partial charge in [-0.25, -0.2) is 4.99 Å². The first kappa shape index (κ1) is 14.0. The first-order valence-electron chi connectivity index (χ1n) is 6.70. The first-order chi connectivity index (χ1) is 10.2. The highest BCUT2D eigenvalue weighted by molar-refractivity contribution is 8.13. The van der Waals surface area contributed by atoms with E-state index in [1.165, 1.54) is 0 Å². The molecule has 0 aliphatic carbocycles. The molecule has 21 heavy (non-hydrogen) atoms. The van der Waals surface area contributed by atoms with Crippen molar-refractivity contribution >= 4 is 28.9 Å². The molecule has 1 aromatic rings. The molecular weight excluding hydrogens is 288 g/mol. The fraction of sp³-hybridized carbons (Fsp3) is 0.333. The van der Waals surface area contributed by atoms with Crippen LogP contribution in [0.3, 0.4) is 0 Å². The average Bonchev–Trinajstić information content (AvgIpc) is 2.84. The monoisotopic (exact) mass is 304 g/mol. The van der Waals surface area contributed by atoms with Gasteiger partial charge in [0.1, 0.15) is 17.2 Å². The highest BCUT2D eigenvalue weighted by Gasteiger charge is 2.32. The number of fused-ring (bicyclic) bond motifs is 1. The molecule has 1 saturated heterocycles. The summed E-state index contributed by atoms with van der Waals surface area (Å²) in [5.41, 5.74) is 1.28. The zero-order valence-electron chi connectivity index (χ0n) is 12.0. The quantitative estimate of drug-likeness (QED) is 0.805. The molecule has 110 valence electrons. The maximum Gasteiger partial charge on any atom is 0.278 e. The second kappa shape index (κ2) is 5.81. The van der Waals surface area contributed by atoms with E-state index in [1.807, 2.05) is 12.1 Å². The van der Waals surface area contributed by atoms with Gasteiger partial charge in [0.05, 0.1) is 14.2 Å². The van der Waals surface area contributed by atoms with Crippen molar-refractivity contribution in [3.8, 4) is 11.5 Å². The zero-order valence-corrected chi connectivity index (χ0v) is 12.8. The summed E-state index contributed by atoms with van der Waals surface area (Å²) in [6.07, 6.45) is 2.78. The van der Waals surface area contributed by atoms with E-state index in [0.29, 0.717) is 17.2 Å². The number of carbonyl (C=O) groups is 1. The van der Waals surface area contributed by atoms with Gasteiger partial charge in [-0.2, -0.15) is 0 Å². The molecule has 2 aliphatic rings. The van der Waals surface area contributed by atoms with Crippen LogP contribution in [0.15, 0.2) is 28.9 Å². The lowest BCUT2D eigenvalue weighted by molar-refractivity contribution is -0.122. The van der Waals surface area contributed by atoms with E-state index in [2.05, 4.69) is 4.99 Å². The fourth-order valence-electron chi connectivity index (χ4n) is 2.31. The van der Waals surface area contributed by atoms with Gasteiger partial charge in [-0.1, -0.05) is 11.8 Å². The van der Waals surface area contributed by atoms with Gasteiger partial charge in [-0.05, 0) is 24.6 Å². The second-order valence-corrected chi connectivity index (χ2v) is 5.75. The number of rotatable bonds is 3. The SMILES string of the molecule is COc1ccc(/C=C2\N=C3SCCCN3C2=O)c(OC)c1. The van der Waals surface area contributed by atoms with Gasteiger partial charge < -0.3 is 9.47 Å². The number of thioether (sulfide) groups is 1. The van der Waals surface area contributed by atoms with E-state index in [9.17, 15) is 4.79 Å². The van der Waals surface area contributed by atoms with E-state index in [4.69, 9.17) is 9.47 Å². The summed E-state index contributed by atoms with van der Waals surface area (Å²) < 4.78 is 10.5. The summed E-state index contributed by atoms with van der Waals surface area (Å²) in [4.78, 5) is 18.5. The van der Waals surface area contributed by atoms with Crippen LogP contribution in [0.4, 0.5) is 0 Å². The van der Waals surface area contributed by atoms with Gasteiger partial charge >= 0.3 is 0 Å². The number of amidine groups is 1. The number of carbonyl (C=O) groups excluding carboxylic acids is 1. The highest BCUT2D eigenvalue weighted by Crippen LogP contribution is 2.31. The van der Waals surface area contributed by atoms with Crippen LogP contribution in [-0.4, -0.2) is 42.5 Å². The number of methoxy groups -OCH3 is 2. The molecule has 5 nitrogen and oxygen atoms in total. The number of hydrogen-bond acceptors (Lipinski definition) is 5. The van der Waals surface area contributed by atoms with Crippen LogP contribution < -0.4 is 9.47 Å². The van der Waals surface area contributed by atoms with E-state index in [0.717, 1.165) is 29.4 Å². The number of ether oxygens (including phenoxy) is 2. The number of hydrogen-bond donors (Lipinski definition) is 0. The minimum Gasteiger partial charge on any atom is -0.497 e. The molecule has 0 bridgehead atoms. The molecule has 0 radical (unpaired) electrons. The first-order valence-corrected chi connectivity index (χ1v) is 7.68. The third-order valence-electron chi connectivity index (χ3n) is 3.40. The Morgan fingerprint density at radius 1 is 1.33 bits per heavy atom. The van der Waals surface area contributed by atoms with E-state index >= 15 is 0 Å². The molecule has 3 rings (SSSR count). The van der Waals surface area contributed by atoms with Crippen molar-refractivity contribution in [2.75, 3.05) is 26.5 Å². The lowest BCUT2D eigenvalue weighted by Gasteiger charge is -2.21. The Hall–Kier alpha value is -1.95. The summed E-state index contributed by atoms with van der Waals surface area (Å²) >= 11 is 1.63. The molecule has 2 heterocycles. The topological polar surface area (TPSA) is 51.1 Å². The van der Waals surface area contributed by atoms with E-state index in [1.54, 1.807) is 43.0 Å². The lowest BCUT2D eigenvalue weighted by Crippen LogP contribution is -2.34. The Kier molecular flexibility index (Phi) is 3.88. The van der Waals surface area contributed by atoms with Crippen LogP contribution in [0, 0.1) is 0 Å². The van der Waals surface area contributed by atoms with Crippen molar-refractivity contribution in [1.29, 1.82) is 0 Å². The maximum atomic E-state index is 12.3. The van der Waals surface area contributed by atoms with E-state index in [-0.39, 0.29) is 5.91 Å². The predicted octanol–water partition coefficient (Wildman–Crippen LogP) is 2.38. The normalized spacial score (nSPS) is 19.5. The summed E-state index contributed by atoms with van der Waals surface area (Å²) in [6.45, 7) is 0.752. The molecule has 1 fully saturated rings. The number of amides is 1. The number of benzene rings is 1. The van der Waals surface area contributed by atoms with E-state index < -0.39 is 0 Å². The van der Waals surface area contributed by atoms with Gasteiger partial charge in [0, 0.05) is 23.9 Å². The molecule has 0 aromatic heterocycles. The number of aliphatic imine (C=N–C) groups is 1. The molecule has 1 amide bonds. The molecule has 0 unspecified atom stereocenters.